The van der Waals surface area contributed by atoms with Crippen molar-refractivity contribution in [2.75, 3.05) is 6.61 Å². The van der Waals surface area contributed by atoms with Gasteiger partial charge in [-0.1, -0.05) is 91.0 Å². The Bertz CT molecular complexity index is 1390. The minimum Gasteiger partial charge on any atom is -0.483 e. The van der Waals surface area contributed by atoms with E-state index >= 15 is 0 Å². The van der Waals surface area contributed by atoms with Crippen LogP contribution in [0.3, 0.4) is 0 Å². The van der Waals surface area contributed by atoms with Crippen LogP contribution in [0.1, 0.15) is 37.5 Å². The standard InChI is InChI=1S/C33H36N2O3/c1-24-13-8-9-17-27(24)22-35(29(32(37)34-33(2,3)4)21-25-14-6-5-7-15-25)31(36)23-38-30-20-12-18-26-16-10-11-19-28(26)30/h5-20,29H,21-23H2,1-4H3,(H,34,37). The molecule has 0 saturated heterocycles. The molecule has 4 rings (SSSR count). The lowest BCUT2D eigenvalue weighted by Gasteiger charge is -2.34. The molecule has 0 heterocycles. The lowest BCUT2D eigenvalue weighted by Crippen LogP contribution is -2.55. The fourth-order valence-electron chi connectivity index (χ4n) is 4.52. The van der Waals surface area contributed by atoms with E-state index in [0.29, 0.717) is 18.7 Å². The van der Waals surface area contributed by atoms with Gasteiger partial charge < -0.3 is 15.0 Å². The lowest BCUT2D eigenvalue weighted by atomic mass is 10.00. The minimum atomic E-state index is -0.708. The predicted octanol–water partition coefficient (Wildman–Crippen LogP) is 6.08. The molecule has 196 valence electrons. The summed E-state index contributed by atoms with van der Waals surface area (Å²) >= 11 is 0. The average Bonchev–Trinajstić information content (AvgIpc) is 2.90. The second kappa shape index (κ2) is 12.0. The summed E-state index contributed by atoms with van der Waals surface area (Å²) in [4.78, 5) is 29.2. The fourth-order valence-corrected chi connectivity index (χ4v) is 4.52. The monoisotopic (exact) mass is 508 g/mol. The van der Waals surface area contributed by atoms with Gasteiger partial charge in [-0.25, -0.2) is 0 Å². The molecule has 38 heavy (non-hydrogen) atoms. The van der Waals surface area contributed by atoms with Crippen LogP contribution in [0.15, 0.2) is 97.1 Å². The molecule has 4 aromatic rings. The molecule has 0 aromatic heterocycles. The fraction of sp³-hybridized carbons (Fsp3) is 0.273. The van der Waals surface area contributed by atoms with Crippen molar-refractivity contribution in [3.8, 4) is 5.75 Å². The number of ether oxygens (including phenoxy) is 1. The van der Waals surface area contributed by atoms with Crippen molar-refractivity contribution >= 4 is 22.6 Å². The second-order valence-electron chi connectivity index (χ2n) is 10.7. The van der Waals surface area contributed by atoms with E-state index in [1.807, 2.05) is 125 Å². The third-order valence-corrected chi connectivity index (χ3v) is 6.47. The van der Waals surface area contributed by atoms with Gasteiger partial charge in [0.25, 0.3) is 5.91 Å². The molecule has 0 aliphatic heterocycles. The SMILES string of the molecule is Cc1ccccc1CN(C(=O)COc1cccc2ccccc12)C(Cc1ccccc1)C(=O)NC(C)(C)C. The Kier molecular flexibility index (Phi) is 8.47. The smallest absolute Gasteiger partial charge is 0.261 e. The van der Waals surface area contributed by atoms with Gasteiger partial charge in [0.15, 0.2) is 6.61 Å². The molecule has 0 spiro atoms. The molecular formula is C33H36N2O3. The van der Waals surface area contributed by atoms with Crippen molar-refractivity contribution in [2.24, 2.45) is 0 Å². The highest BCUT2D eigenvalue weighted by molar-refractivity contribution is 5.90. The first-order valence-corrected chi connectivity index (χ1v) is 13.0. The van der Waals surface area contributed by atoms with Gasteiger partial charge in [-0.15, -0.1) is 0 Å². The Morgan fingerprint density at radius 1 is 0.842 bits per heavy atom. The summed E-state index contributed by atoms with van der Waals surface area (Å²) in [6.45, 7) is 7.99. The molecule has 0 fully saturated rings. The van der Waals surface area contributed by atoms with Gasteiger partial charge in [-0.3, -0.25) is 9.59 Å². The Balaban J connectivity index is 1.67. The second-order valence-corrected chi connectivity index (χ2v) is 10.7. The summed E-state index contributed by atoms with van der Waals surface area (Å²) in [6.07, 6.45) is 0.397. The number of carbonyl (C=O) groups excluding carboxylic acids is 2. The number of hydrogen-bond acceptors (Lipinski definition) is 3. The van der Waals surface area contributed by atoms with Gasteiger partial charge in [0.2, 0.25) is 5.91 Å². The van der Waals surface area contributed by atoms with Gasteiger partial charge in [0.05, 0.1) is 0 Å². The summed E-state index contributed by atoms with van der Waals surface area (Å²) in [5.74, 6) is 0.214. The predicted molar refractivity (Wildman–Crippen MR) is 153 cm³/mol. The molecule has 5 nitrogen and oxygen atoms in total. The summed E-state index contributed by atoms with van der Waals surface area (Å²) in [6, 6.07) is 30.8. The van der Waals surface area contributed by atoms with E-state index < -0.39 is 11.6 Å². The quantitative estimate of drug-likeness (QED) is 0.298. The molecule has 1 atom stereocenters. The summed E-state index contributed by atoms with van der Waals surface area (Å²) < 4.78 is 6.09. The number of hydrogen-bond donors (Lipinski definition) is 1. The lowest BCUT2D eigenvalue weighted by molar-refractivity contribution is -0.143. The molecule has 1 unspecified atom stereocenters. The van der Waals surface area contributed by atoms with Crippen molar-refractivity contribution in [1.29, 1.82) is 0 Å². The molecule has 2 amide bonds. The molecule has 0 bridgehead atoms. The van der Waals surface area contributed by atoms with E-state index in [4.69, 9.17) is 4.74 Å². The van der Waals surface area contributed by atoms with Crippen LogP contribution in [0.5, 0.6) is 5.75 Å². The van der Waals surface area contributed by atoms with E-state index in [1.165, 1.54) is 0 Å². The molecule has 0 saturated carbocycles. The van der Waals surface area contributed by atoms with Crippen LogP contribution in [-0.4, -0.2) is 34.9 Å². The van der Waals surface area contributed by atoms with Crippen LogP contribution < -0.4 is 10.1 Å². The van der Waals surface area contributed by atoms with Crippen LogP contribution in [0.2, 0.25) is 0 Å². The topological polar surface area (TPSA) is 58.6 Å². The third-order valence-electron chi connectivity index (χ3n) is 6.47. The maximum Gasteiger partial charge on any atom is 0.261 e. The minimum absolute atomic E-state index is 0.173. The van der Waals surface area contributed by atoms with Crippen molar-refractivity contribution in [3.05, 3.63) is 114 Å². The van der Waals surface area contributed by atoms with E-state index in [-0.39, 0.29) is 18.4 Å². The number of amides is 2. The van der Waals surface area contributed by atoms with E-state index in [0.717, 1.165) is 27.5 Å². The zero-order valence-corrected chi connectivity index (χ0v) is 22.6. The number of nitrogens with one attached hydrogen (secondary N) is 1. The number of aryl methyl sites for hydroxylation is 1. The van der Waals surface area contributed by atoms with Crippen molar-refractivity contribution in [1.82, 2.24) is 10.2 Å². The first-order chi connectivity index (χ1) is 18.2. The first-order valence-electron chi connectivity index (χ1n) is 13.0. The Hall–Kier alpha value is -4.12. The average molecular weight is 509 g/mol. The number of carbonyl (C=O) groups is 2. The van der Waals surface area contributed by atoms with Crippen LogP contribution in [-0.2, 0) is 22.6 Å². The van der Waals surface area contributed by atoms with Gasteiger partial charge in [0, 0.05) is 23.9 Å². The Labute approximate surface area is 225 Å². The van der Waals surface area contributed by atoms with Crippen LogP contribution in [0, 0.1) is 6.92 Å². The molecule has 1 N–H and O–H groups in total. The Morgan fingerprint density at radius 3 is 2.24 bits per heavy atom. The van der Waals surface area contributed by atoms with Crippen LogP contribution in [0.4, 0.5) is 0 Å². The number of nitrogens with zero attached hydrogens (tertiary/aromatic N) is 1. The molecule has 0 radical (unpaired) electrons. The third kappa shape index (κ3) is 7.00. The zero-order chi connectivity index (χ0) is 27.1. The van der Waals surface area contributed by atoms with E-state index in [9.17, 15) is 9.59 Å². The molecule has 0 aliphatic rings. The Morgan fingerprint density at radius 2 is 1.50 bits per heavy atom. The van der Waals surface area contributed by atoms with Crippen molar-refractivity contribution in [3.63, 3.8) is 0 Å². The largest absolute Gasteiger partial charge is 0.483 e. The van der Waals surface area contributed by atoms with Gasteiger partial charge in [-0.05, 0) is 55.8 Å². The van der Waals surface area contributed by atoms with E-state index in [2.05, 4.69) is 5.32 Å². The first kappa shape index (κ1) is 26.9. The molecule has 4 aromatic carbocycles. The van der Waals surface area contributed by atoms with E-state index in [1.54, 1.807) is 4.90 Å². The molecule has 5 heteroatoms. The van der Waals surface area contributed by atoms with Crippen LogP contribution in [0.25, 0.3) is 10.8 Å². The summed E-state index contributed by atoms with van der Waals surface area (Å²) in [5.41, 5.74) is 2.60. The number of benzene rings is 4. The molecular weight excluding hydrogens is 472 g/mol. The maximum absolute atomic E-state index is 13.9. The van der Waals surface area contributed by atoms with Crippen molar-refractivity contribution < 1.29 is 14.3 Å². The van der Waals surface area contributed by atoms with Crippen molar-refractivity contribution in [2.45, 2.75) is 52.2 Å². The normalized spacial score (nSPS) is 12.1. The molecule has 0 aliphatic carbocycles. The highest BCUT2D eigenvalue weighted by Gasteiger charge is 2.32. The summed E-state index contributed by atoms with van der Waals surface area (Å²) in [7, 11) is 0. The zero-order valence-electron chi connectivity index (χ0n) is 22.6. The van der Waals surface area contributed by atoms with Gasteiger partial charge >= 0.3 is 0 Å². The maximum atomic E-state index is 13.9. The highest BCUT2D eigenvalue weighted by Crippen LogP contribution is 2.25. The van der Waals surface area contributed by atoms with Crippen LogP contribution >= 0.6 is 0 Å². The van der Waals surface area contributed by atoms with Gasteiger partial charge in [-0.2, -0.15) is 0 Å². The summed E-state index contributed by atoms with van der Waals surface area (Å²) in [5, 5.41) is 5.09. The number of rotatable bonds is 9. The van der Waals surface area contributed by atoms with Gasteiger partial charge in [0.1, 0.15) is 11.8 Å². The number of fused-ring (bicyclic) bond motifs is 1. The highest BCUT2D eigenvalue weighted by atomic mass is 16.5.